The fourth-order valence-electron chi connectivity index (χ4n) is 2.80. The molecule has 25 heavy (non-hydrogen) atoms. The van der Waals surface area contributed by atoms with E-state index in [9.17, 15) is 13.2 Å². The fraction of sp³-hybridized carbons (Fsp3) is 0.533. The van der Waals surface area contributed by atoms with E-state index in [0.29, 0.717) is 17.4 Å². The fourth-order valence-corrected chi connectivity index (χ4v) is 5.41. The van der Waals surface area contributed by atoms with E-state index in [1.807, 2.05) is 24.6 Å². The van der Waals surface area contributed by atoms with E-state index >= 15 is 0 Å². The third-order valence-electron chi connectivity index (χ3n) is 4.41. The average molecular weight is 384 g/mol. The van der Waals surface area contributed by atoms with Crippen LogP contribution in [0, 0.1) is 6.92 Å². The van der Waals surface area contributed by atoms with Gasteiger partial charge >= 0.3 is 0 Å². The largest absolute Gasteiger partial charge is 0.469 e. The monoisotopic (exact) mass is 384 g/mol. The van der Waals surface area contributed by atoms with Crippen molar-refractivity contribution in [2.24, 2.45) is 7.05 Å². The second kappa shape index (κ2) is 6.83. The molecule has 10 heteroatoms. The molecule has 1 aliphatic rings. The molecule has 0 saturated carbocycles. The summed E-state index contributed by atoms with van der Waals surface area (Å²) in [5, 5.41) is 8.92. The first-order valence-corrected chi connectivity index (χ1v) is 10.6. The highest BCUT2D eigenvalue weighted by Crippen LogP contribution is 2.26. The van der Waals surface area contributed by atoms with E-state index < -0.39 is 9.84 Å². The van der Waals surface area contributed by atoms with Gasteiger partial charge in [0.1, 0.15) is 5.76 Å². The number of hydrogen-bond acceptors (Lipinski definition) is 7. The van der Waals surface area contributed by atoms with Crippen LogP contribution in [-0.2, 0) is 21.7 Å². The molecule has 0 spiro atoms. The van der Waals surface area contributed by atoms with Crippen molar-refractivity contribution in [3.63, 3.8) is 0 Å². The summed E-state index contributed by atoms with van der Waals surface area (Å²) in [7, 11) is 0.484. The molecule has 1 saturated heterocycles. The van der Waals surface area contributed by atoms with Crippen molar-refractivity contribution in [2.45, 2.75) is 24.5 Å². The Morgan fingerprint density at radius 1 is 1.48 bits per heavy atom. The molecule has 0 N–H and O–H groups in total. The number of thioether (sulfide) groups is 1. The van der Waals surface area contributed by atoms with Gasteiger partial charge in [-0.3, -0.25) is 4.79 Å². The second-order valence-corrected chi connectivity index (χ2v) is 9.28. The van der Waals surface area contributed by atoms with Crippen molar-refractivity contribution < 1.29 is 17.6 Å². The van der Waals surface area contributed by atoms with Crippen molar-refractivity contribution in [1.82, 2.24) is 19.7 Å². The smallest absolute Gasteiger partial charge is 0.233 e. The van der Waals surface area contributed by atoms with Crippen LogP contribution in [0.2, 0.25) is 0 Å². The highest BCUT2D eigenvalue weighted by atomic mass is 32.2. The number of aryl methyl sites for hydroxylation is 1. The normalized spacial score (nSPS) is 19.2. The Morgan fingerprint density at radius 2 is 2.24 bits per heavy atom. The van der Waals surface area contributed by atoms with Gasteiger partial charge < -0.3 is 13.9 Å². The van der Waals surface area contributed by atoms with Crippen molar-refractivity contribution >= 4 is 27.5 Å². The zero-order valence-electron chi connectivity index (χ0n) is 14.3. The van der Waals surface area contributed by atoms with Crippen LogP contribution in [0.1, 0.15) is 12.2 Å². The van der Waals surface area contributed by atoms with Crippen LogP contribution in [0.25, 0.3) is 11.4 Å². The van der Waals surface area contributed by atoms with Crippen LogP contribution in [-0.4, -0.2) is 64.3 Å². The molecule has 8 nitrogen and oxygen atoms in total. The van der Waals surface area contributed by atoms with Crippen LogP contribution in [0.3, 0.4) is 0 Å². The Bertz CT molecular complexity index is 887. The van der Waals surface area contributed by atoms with E-state index in [2.05, 4.69) is 10.2 Å². The molecule has 3 rings (SSSR count). The van der Waals surface area contributed by atoms with E-state index in [0.717, 1.165) is 11.3 Å². The van der Waals surface area contributed by atoms with Crippen molar-refractivity contribution in [2.75, 3.05) is 24.3 Å². The van der Waals surface area contributed by atoms with E-state index in [4.69, 9.17) is 4.42 Å². The lowest BCUT2D eigenvalue weighted by atomic mass is 10.2. The summed E-state index contributed by atoms with van der Waals surface area (Å²) in [6, 6.07) is 1.59. The second-order valence-electron chi connectivity index (χ2n) is 6.11. The summed E-state index contributed by atoms with van der Waals surface area (Å²) in [4.78, 5) is 13.9. The van der Waals surface area contributed by atoms with E-state index in [1.54, 1.807) is 13.3 Å². The highest BCUT2D eigenvalue weighted by molar-refractivity contribution is 7.99. The average Bonchev–Trinajstić information content (AvgIpc) is 3.23. The van der Waals surface area contributed by atoms with Crippen molar-refractivity contribution in [3.8, 4) is 11.4 Å². The molecule has 0 radical (unpaired) electrons. The Balaban J connectivity index is 1.63. The summed E-state index contributed by atoms with van der Waals surface area (Å²) >= 11 is 1.28. The number of hydrogen-bond donors (Lipinski definition) is 0. The lowest BCUT2D eigenvalue weighted by Gasteiger charge is -2.23. The van der Waals surface area contributed by atoms with Crippen molar-refractivity contribution in [1.29, 1.82) is 0 Å². The van der Waals surface area contributed by atoms with Gasteiger partial charge in [0, 0.05) is 20.1 Å². The zero-order valence-corrected chi connectivity index (χ0v) is 15.9. The molecular weight excluding hydrogens is 364 g/mol. The minimum atomic E-state index is -3.01. The van der Waals surface area contributed by atoms with Crippen LogP contribution < -0.4 is 0 Å². The predicted molar refractivity (Wildman–Crippen MR) is 94.0 cm³/mol. The molecule has 136 valence electrons. The van der Waals surface area contributed by atoms with Gasteiger partial charge in [-0.05, 0) is 19.4 Å². The number of aromatic nitrogens is 3. The molecular formula is C15H20N4O4S2. The lowest BCUT2D eigenvalue weighted by Crippen LogP contribution is -2.38. The Hall–Kier alpha value is -1.81. The summed E-state index contributed by atoms with van der Waals surface area (Å²) < 4.78 is 30.2. The lowest BCUT2D eigenvalue weighted by molar-refractivity contribution is -0.128. The Kier molecular flexibility index (Phi) is 4.92. The van der Waals surface area contributed by atoms with Crippen LogP contribution in [0.4, 0.5) is 0 Å². The first kappa shape index (κ1) is 18.0. The third kappa shape index (κ3) is 3.74. The molecule has 2 aromatic heterocycles. The topological polar surface area (TPSA) is 98.3 Å². The first-order valence-electron chi connectivity index (χ1n) is 7.81. The van der Waals surface area contributed by atoms with Gasteiger partial charge in [-0.15, -0.1) is 10.2 Å². The minimum absolute atomic E-state index is 0.0494. The predicted octanol–water partition coefficient (Wildman–Crippen LogP) is 1.12. The molecule has 1 fully saturated rings. The van der Waals surface area contributed by atoms with Gasteiger partial charge in [0.15, 0.2) is 20.8 Å². The highest BCUT2D eigenvalue weighted by Gasteiger charge is 2.32. The summed E-state index contributed by atoms with van der Waals surface area (Å²) in [5.41, 5.74) is 0.862. The maximum atomic E-state index is 12.4. The number of carbonyl (C=O) groups is 1. The number of nitrogens with zero attached hydrogens (tertiary/aromatic N) is 4. The third-order valence-corrected chi connectivity index (χ3v) is 7.16. The Labute approximate surface area is 150 Å². The molecule has 0 aromatic carbocycles. The van der Waals surface area contributed by atoms with Gasteiger partial charge in [0.25, 0.3) is 0 Å². The van der Waals surface area contributed by atoms with Gasteiger partial charge in [0.05, 0.1) is 29.1 Å². The van der Waals surface area contributed by atoms with Crippen LogP contribution in [0.5, 0.6) is 0 Å². The molecule has 1 amide bonds. The first-order chi connectivity index (χ1) is 11.8. The van der Waals surface area contributed by atoms with Gasteiger partial charge in [0.2, 0.25) is 5.91 Å². The van der Waals surface area contributed by atoms with Gasteiger partial charge in [-0.1, -0.05) is 11.8 Å². The molecule has 0 bridgehead atoms. The van der Waals surface area contributed by atoms with E-state index in [-0.39, 0.29) is 29.2 Å². The summed E-state index contributed by atoms with van der Waals surface area (Å²) in [6.07, 6.45) is 2.10. The van der Waals surface area contributed by atoms with Crippen LogP contribution >= 0.6 is 11.8 Å². The number of amides is 1. The summed E-state index contributed by atoms with van der Waals surface area (Å²) in [5.74, 6) is 1.70. The maximum Gasteiger partial charge on any atom is 0.233 e. The van der Waals surface area contributed by atoms with Crippen LogP contribution in [0.15, 0.2) is 21.9 Å². The van der Waals surface area contributed by atoms with Gasteiger partial charge in [-0.2, -0.15) is 0 Å². The SMILES string of the molecule is Cc1occc1-c1nnc(SCC(=O)N(C)[C@@H]2CCS(=O)(=O)C2)n1C. The number of rotatable bonds is 5. The molecule has 0 aliphatic carbocycles. The zero-order chi connectivity index (χ0) is 18.2. The van der Waals surface area contributed by atoms with E-state index in [1.165, 1.54) is 16.7 Å². The quantitative estimate of drug-likeness (QED) is 0.712. The van der Waals surface area contributed by atoms with Crippen molar-refractivity contribution in [3.05, 3.63) is 18.1 Å². The molecule has 1 atom stereocenters. The maximum absolute atomic E-state index is 12.4. The minimum Gasteiger partial charge on any atom is -0.469 e. The molecule has 3 heterocycles. The standard InChI is InChI=1S/C15H20N4O4S2/c1-10-12(4-6-23-10)14-16-17-15(19(14)3)24-8-13(20)18(2)11-5-7-25(21,22)9-11/h4,6,11H,5,7-9H2,1-3H3/t11-/m1/s1. The molecule has 0 unspecified atom stereocenters. The number of sulfone groups is 1. The van der Waals surface area contributed by atoms with Gasteiger partial charge in [-0.25, -0.2) is 8.42 Å². The number of carbonyl (C=O) groups excluding carboxylic acids is 1. The molecule has 2 aromatic rings. The summed E-state index contributed by atoms with van der Waals surface area (Å²) in [6.45, 7) is 1.85. The number of furan rings is 1. The molecule has 1 aliphatic heterocycles. The Morgan fingerprint density at radius 3 is 2.84 bits per heavy atom.